The van der Waals surface area contributed by atoms with E-state index in [1.165, 1.54) is 18.5 Å². The SMILES string of the molecule is COc1ccc(OC)c(NC(=O)Cc2ccc(N(C)S(C)(=O)=O)cc2)c1. The molecule has 140 valence electrons. The Labute approximate surface area is 153 Å². The number of anilines is 2. The lowest BCUT2D eigenvalue weighted by Crippen LogP contribution is -2.24. The third kappa shape index (κ3) is 4.89. The summed E-state index contributed by atoms with van der Waals surface area (Å²) in [6.45, 7) is 0. The average Bonchev–Trinajstić information content (AvgIpc) is 2.60. The Morgan fingerprint density at radius 2 is 1.73 bits per heavy atom. The maximum Gasteiger partial charge on any atom is 0.231 e. The lowest BCUT2D eigenvalue weighted by atomic mass is 10.1. The van der Waals surface area contributed by atoms with Gasteiger partial charge in [0.2, 0.25) is 15.9 Å². The molecule has 1 amide bonds. The predicted molar refractivity (Wildman–Crippen MR) is 102 cm³/mol. The molecule has 0 spiro atoms. The molecule has 2 aromatic carbocycles. The number of nitrogens with one attached hydrogen (secondary N) is 1. The zero-order chi connectivity index (χ0) is 19.3. The molecule has 0 saturated heterocycles. The molecule has 7 nitrogen and oxygen atoms in total. The zero-order valence-corrected chi connectivity index (χ0v) is 16.0. The molecule has 26 heavy (non-hydrogen) atoms. The van der Waals surface area contributed by atoms with Gasteiger partial charge in [0.1, 0.15) is 11.5 Å². The van der Waals surface area contributed by atoms with Gasteiger partial charge < -0.3 is 14.8 Å². The topological polar surface area (TPSA) is 84.9 Å². The third-order valence-electron chi connectivity index (χ3n) is 3.84. The summed E-state index contributed by atoms with van der Waals surface area (Å²) < 4.78 is 34.7. The molecular formula is C18H22N2O5S. The lowest BCUT2D eigenvalue weighted by molar-refractivity contribution is -0.115. The van der Waals surface area contributed by atoms with E-state index in [0.717, 1.165) is 11.8 Å². The molecule has 0 atom stereocenters. The van der Waals surface area contributed by atoms with Gasteiger partial charge in [0, 0.05) is 13.1 Å². The van der Waals surface area contributed by atoms with Crippen LogP contribution in [0, 0.1) is 0 Å². The van der Waals surface area contributed by atoms with E-state index in [2.05, 4.69) is 5.32 Å². The van der Waals surface area contributed by atoms with Gasteiger partial charge in [0.05, 0.1) is 38.3 Å². The van der Waals surface area contributed by atoms with Gasteiger partial charge in [-0.15, -0.1) is 0 Å². The highest BCUT2D eigenvalue weighted by Gasteiger charge is 2.13. The van der Waals surface area contributed by atoms with E-state index < -0.39 is 10.0 Å². The molecular weight excluding hydrogens is 356 g/mol. The van der Waals surface area contributed by atoms with Crippen molar-refractivity contribution in [3.63, 3.8) is 0 Å². The van der Waals surface area contributed by atoms with E-state index in [1.807, 2.05) is 0 Å². The number of rotatable bonds is 7. The number of benzene rings is 2. The minimum Gasteiger partial charge on any atom is -0.497 e. The van der Waals surface area contributed by atoms with Crippen molar-refractivity contribution in [1.82, 2.24) is 0 Å². The second-order valence-corrected chi connectivity index (χ2v) is 7.70. The Kier molecular flexibility index (Phi) is 6.10. The first kappa shape index (κ1) is 19.6. The van der Waals surface area contributed by atoms with Crippen molar-refractivity contribution < 1.29 is 22.7 Å². The first-order valence-electron chi connectivity index (χ1n) is 7.79. The minimum atomic E-state index is -3.32. The van der Waals surface area contributed by atoms with Gasteiger partial charge >= 0.3 is 0 Å². The van der Waals surface area contributed by atoms with E-state index in [4.69, 9.17) is 9.47 Å². The molecule has 8 heteroatoms. The van der Waals surface area contributed by atoms with Crippen molar-refractivity contribution in [2.45, 2.75) is 6.42 Å². The van der Waals surface area contributed by atoms with Crippen LogP contribution in [0.15, 0.2) is 42.5 Å². The second kappa shape index (κ2) is 8.09. The van der Waals surface area contributed by atoms with Crippen LogP contribution in [-0.2, 0) is 21.2 Å². The lowest BCUT2D eigenvalue weighted by Gasteiger charge is -2.16. The van der Waals surface area contributed by atoms with Gasteiger partial charge in [0.15, 0.2) is 0 Å². The van der Waals surface area contributed by atoms with Crippen LogP contribution in [0.3, 0.4) is 0 Å². The second-order valence-electron chi connectivity index (χ2n) is 5.69. The monoisotopic (exact) mass is 378 g/mol. The van der Waals surface area contributed by atoms with Crippen molar-refractivity contribution in [2.75, 3.05) is 37.1 Å². The van der Waals surface area contributed by atoms with Crippen molar-refractivity contribution in [1.29, 1.82) is 0 Å². The van der Waals surface area contributed by atoms with Crippen molar-refractivity contribution >= 4 is 27.3 Å². The highest BCUT2D eigenvalue weighted by molar-refractivity contribution is 7.92. The Morgan fingerprint density at radius 1 is 1.08 bits per heavy atom. The molecule has 0 bridgehead atoms. The van der Waals surface area contributed by atoms with Gasteiger partial charge in [-0.3, -0.25) is 9.10 Å². The number of carbonyl (C=O) groups excluding carboxylic acids is 1. The molecule has 0 radical (unpaired) electrons. The molecule has 0 unspecified atom stereocenters. The molecule has 1 N–H and O–H groups in total. The molecule has 0 saturated carbocycles. The van der Waals surface area contributed by atoms with E-state index in [0.29, 0.717) is 22.9 Å². The summed E-state index contributed by atoms with van der Waals surface area (Å²) in [5.74, 6) is 0.916. The molecule has 0 aliphatic rings. The van der Waals surface area contributed by atoms with Gasteiger partial charge in [-0.25, -0.2) is 8.42 Å². The maximum atomic E-state index is 12.3. The summed E-state index contributed by atoms with van der Waals surface area (Å²) in [7, 11) is 1.23. The largest absolute Gasteiger partial charge is 0.497 e. The first-order valence-corrected chi connectivity index (χ1v) is 9.64. The maximum absolute atomic E-state index is 12.3. The molecule has 2 rings (SSSR count). The van der Waals surface area contributed by atoms with E-state index in [-0.39, 0.29) is 12.3 Å². The third-order valence-corrected chi connectivity index (χ3v) is 5.05. The number of hydrogen-bond donors (Lipinski definition) is 1. The normalized spacial score (nSPS) is 10.9. The summed E-state index contributed by atoms with van der Waals surface area (Å²) >= 11 is 0. The summed E-state index contributed by atoms with van der Waals surface area (Å²) in [6.07, 6.45) is 1.28. The number of sulfonamides is 1. The zero-order valence-electron chi connectivity index (χ0n) is 15.1. The van der Waals surface area contributed by atoms with Crippen LogP contribution in [0.4, 0.5) is 11.4 Å². The van der Waals surface area contributed by atoms with Crippen molar-refractivity contribution in [3.05, 3.63) is 48.0 Å². The average molecular weight is 378 g/mol. The fourth-order valence-corrected chi connectivity index (χ4v) is 2.81. The van der Waals surface area contributed by atoms with Crippen LogP contribution >= 0.6 is 0 Å². The smallest absolute Gasteiger partial charge is 0.231 e. The molecule has 0 aliphatic heterocycles. The summed E-state index contributed by atoms with van der Waals surface area (Å²) in [5.41, 5.74) is 1.81. The van der Waals surface area contributed by atoms with E-state index >= 15 is 0 Å². The first-order chi connectivity index (χ1) is 12.2. The Morgan fingerprint density at radius 3 is 2.27 bits per heavy atom. The Hall–Kier alpha value is -2.74. The fourth-order valence-electron chi connectivity index (χ4n) is 2.31. The van der Waals surface area contributed by atoms with Gasteiger partial charge in [-0.05, 0) is 29.8 Å². The summed E-state index contributed by atoms with van der Waals surface area (Å²) in [4.78, 5) is 12.3. The number of carbonyl (C=O) groups is 1. The highest BCUT2D eigenvalue weighted by atomic mass is 32.2. The van der Waals surface area contributed by atoms with Crippen LogP contribution in [-0.4, -0.2) is 41.8 Å². The van der Waals surface area contributed by atoms with Crippen LogP contribution < -0.4 is 19.1 Å². The number of amides is 1. The summed E-state index contributed by atoms with van der Waals surface area (Å²) in [5, 5.41) is 2.80. The molecule has 0 aromatic heterocycles. The number of hydrogen-bond acceptors (Lipinski definition) is 5. The quantitative estimate of drug-likeness (QED) is 0.799. The van der Waals surface area contributed by atoms with Crippen LogP contribution in [0.5, 0.6) is 11.5 Å². The highest BCUT2D eigenvalue weighted by Crippen LogP contribution is 2.29. The van der Waals surface area contributed by atoms with Crippen LogP contribution in [0.2, 0.25) is 0 Å². The van der Waals surface area contributed by atoms with Crippen LogP contribution in [0.25, 0.3) is 0 Å². The van der Waals surface area contributed by atoms with Crippen molar-refractivity contribution in [3.8, 4) is 11.5 Å². The Bertz CT molecular complexity index is 879. The fraction of sp³-hybridized carbons (Fsp3) is 0.278. The molecule has 0 aliphatic carbocycles. The van der Waals surface area contributed by atoms with E-state index in [9.17, 15) is 13.2 Å². The Balaban J connectivity index is 2.09. The number of ether oxygens (including phenoxy) is 2. The number of methoxy groups -OCH3 is 2. The van der Waals surface area contributed by atoms with Gasteiger partial charge in [-0.2, -0.15) is 0 Å². The van der Waals surface area contributed by atoms with Crippen LogP contribution in [0.1, 0.15) is 5.56 Å². The standard InChI is InChI=1S/C18H22N2O5S/c1-20(26(4,22)23)14-7-5-13(6-8-14)11-18(21)19-16-12-15(24-2)9-10-17(16)25-3/h5-10,12H,11H2,1-4H3,(H,19,21). The van der Waals surface area contributed by atoms with Gasteiger partial charge in [-0.1, -0.05) is 12.1 Å². The molecule has 0 fully saturated rings. The molecule has 2 aromatic rings. The van der Waals surface area contributed by atoms with E-state index in [1.54, 1.807) is 49.6 Å². The number of nitrogens with zero attached hydrogens (tertiary/aromatic N) is 1. The molecule has 0 heterocycles. The van der Waals surface area contributed by atoms with Crippen molar-refractivity contribution in [2.24, 2.45) is 0 Å². The summed E-state index contributed by atoms with van der Waals surface area (Å²) in [6, 6.07) is 11.9. The minimum absolute atomic E-state index is 0.142. The predicted octanol–water partition coefficient (Wildman–Crippen LogP) is 2.28. The van der Waals surface area contributed by atoms with Gasteiger partial charge in [0.25, 0.3) is 0 Å².